The molecule has 3 N–H and O–H groups in total. The van der Waals surface area contributed by atoms with E-state index in [1.807, 2.05) is 42.5 Å². The lowest BCUT2D eigenvalue weighted by atomic mass is 10.1. The maximum atomic E-state index is 12.5. The van der Waals surface area contributed by atoms with Crippen LogP contribution < -0.4 is 15.4 Å². The van der Waals surface area contributed by atoms with Crippen LogP contribution in [0.1, 0.15) is 36.7 Å². The Kier molecular flexibility index (Phi) is 7.33. The third-order valence-electron chi connectivity index (χ3n) is 4.60. The van der Waals surface area contributed by atoms with Crippen molar-refractivity contribution in [2.24, 2.45) is 0 Å². The summed E-state index contributed by atoms with van der Waals surface area (Å²) in [5, 5.41) is 6.20. The van der Waals surface area contributed by atoms with Crippen LogP contribution in [0.2, 0.25) is 0 Å². The Hall–Kier alpha value is -3.16. The molecule has 7 heteroatoms. The van der Waals surface area contributed by atoms with Crippen LogP contribution in [-0.4, -0.2) is 26.4 Å². The molecule has 0 atom stereocenters. The van der Waals surface area contributed by atoms with Gasteiger partial charge in [-0.15, -0.1) is 0 Å². The Morgan fingerprint density at radius 2 is 1.41 bits per heavy atom. The predicted molar refractivity (Wildman–Crippen MR) is 130 cm³/mol. The lowest BCUT2D eigenvalue weighted by molar-refractivity contribution is 0.102. The first-order valence-electron chi connectivity index (χ1n) is 10.5. The first-order chi connectivity index (χ1) is 15.1. The monoisotopic (exact) mass is 451 g/mol. The Bertz CT molecular complexity index is 1140. The van der Waals surface area contributed by atoms with Gasteiger partial charge in [-0.1, -0.05) is 30.3 Å². The van der Waals surface area contributed by atoms with Crippen LogP contribution in [0.5, 0.6) is 0 Å². The molecule has 0 aliphatic rings. The standard InChI is InChI=1S/C25H29N3O3S/c1-25(2,3)28-32(30,31)23-15-9-20(10-16-23)24(29)27-22-13-11-21(12-14-22)26-18-17-19-7-5-4-6-8-19/h4-16,26,28H,17-18H2,1-3H3,(H,27,29). The summed E-state index contributed by atoms with van der Waals surface area (Å²) >= 11 is 0. The minimum Gasteiger partial charge on any atom is -0.385 e. The van der Waals surface area contributed by atoms with E-state index in [1.54, 1.807) is 20.8 Å². The zero-order chi connectivity index (χ0) is 23.2. The molecule has 3 aromatic rings. The highest BCUT2D eigenvalue weighted by Gasteiger charge is 2.22. The van der Waals surface area contributed by atoms with Crippen LogP contribution in [-0.2, 0) is 16.4 Å². The van der Waals surface area contributed by atoms with E-state index in [1.165, 1.54) is 29.8 Å². The average Bonchev–Trinajstić information content (AvgIpc) is 2.74. The van der Waals surface area contributed by atoms with Crippen molar-refractivity contribution in [1.82, 2.24) is 4.72 Å². The van der Waals surface area contributed by atoms with Crippen molar-refractivity contribution < 1.29 is 13.2 Å². The number of anilines is 2. The normalized spacial score (nSPS) is 11.7. The van der Waals surface area contributed by atoms with Crippen molar-refractivity contribution in [1.29, 1.82) is 0 Å². The molecule has 0 aliphatic carbocycles. The van der Waals surface area contributed by atoms with Gasteiger partial charge in [0.1, 0.15) is 0 Å². The second kappa shape index (κ2) is 9.97. The Morgan fingerprint density at radius 1 is 0.812 bits per heavy atom. The van der Waals surface area contributed by atoms with Crippen LogP contribution in [0, 0.1) is 0 Å². The zero-order valence-corrected chi connectivity index (χ0v) is 19.4. The van der Waals surface area contributed by atoms with Crippen molar-refractivity contribution in [3.8, 4) is 0 Å². The fourth-order valence-corrected chi connectivity index (χ4v) is 4.54. The van der Waals surface area contributed by atoms with E-state index >= 15 is 0 Å². The molecule has 0 aliphatic heterocycles. The largest absolute Gasteiger partial charge is 0.385 e. The highest BCUT2D eigenvalue weighted by atomic mass is 32.2. The predicted octanol–water partition coefficient (Wildman–Crippen LogP) is 4.67. The van der Waals surface area contributed by atoms with Crippen LogP contribution >= 0.6 is 0 Å². The van der Waals surface area contributed by atoms with E-state index in [0.29, 0.717) is 11.3 Å². The van der Waals surface area contributed by atoms with E-state index in [9.17, 15) is 13.2 Å². The topological polar surface area (TPSA) is 87.3 Å². The molecule has 0 radical (unpaired) electrons. The number of benzene rings is 3. The van der Waals surface area contributed by atoms with Crippen LogP contribution in [0.4, 0.5) is 11.4 Å². The number of hydrogen-bond donors (Lipinski definition) is 3. The third-order valence-corrected chi connectivity index (χ3v) is 6.37. The van der Waals surface area contributed by atoms with E-state index < -0.39 is 15.6 Å². The molecule has 0 saturated heterocycles. The van der Waals surface area contributed by atoms with Crippen molar-refractivity contribution >= 4 is 27.3 Å². The summed E-state index contributed by atoms with van der Waals surface area (Å²) < 4.78 is 27.4. The Labute approximate surface area is 190 Å². The molecule has 3 aromatic carbocycles. The van der Waals surface area contributed by atoms with Gasteiger partial charge < -0.3 is 10.6 Å². The molecule has 0 aromatic heterocycles. The Balaban J connectivity index is 1.55. The first kappa shape index (κ1) is 23.5. The van der Waals surface area contributed by atoms with Gasteiger partial charge in [0.2, 0.25) is 10.0 Å². The summed E-state index contributed by atoms with van der Waals surface area (Å²) in [5.74, 6) is -0.303. The smallest absolute Gasteiger partial charge is 0.255 e. The molecule has 0 fully saturated rings. The van der Waals surface area contributed by atoms with Gasteiger partial charge in [-0.3, -0.25) is 4.79 Å². The molecule has 0 unspecified atom stereocenters. The fourth-order valence-electron chi connectivity index (χ4n) is 3.12. The number of sulfonamides is 1. The molecule has 0 bridgehead atoms. The third kappa shape index (κ3) is 6.93. The maximum Gasteiger partial charge on any atom is 0.255 e. The van der Waals surface area contributed by atoms with Gasteiger partial charge in [-0.2, -0.15) is 0 Å². The van der Waals surface area contributed by atoms with Gasteiger partial charge in [-0.25, -0.2) is 13.1 Å². The molecule has 0 heterocycles. The van der Waals surface area contributed by atoms with E-state index in [-0.39, 0.29) is 10.8 Å². The summed E-state index contributed by atoms with van der Waals surface area (Å²) in [6, 6.07) is 23.6. The molecule has 6 nitrogen and oxygen atoms in total. The van der Waals surface area contributed by atoms with Crippen LogP contribution in [0.3, 0.4) is 0 Å². The minimum atomic E-state index is -3.64. The summed E-state index contributed by atoms with van der Waals surface area (Å²) in [6.07, 6.45) is 0.927. The molecule has 3 rings (SSSR count). The summed E-state index contributed by atoms with van der Waals surface area (Å²) in [6.45, 7) is 6.14. The van der Waals surface area contributed by atoms with Gasteiger partial charge >= 0.3 is 0 Å². The van der Waals surface area contributed by atoms with E-state index in [2.05, 4.69) is 27.5 Å². The van der Waals surface area contributed by atoms with E-state index in [0.717, 1.165) is 18.7 Å². The van der Waals surface area contributed by atoms with Crippen LogP contribution in [0.25, 0.3) is 0 Å². The first-order valence-corrected chi connectivity index (χ1v) is 11.9. The van der Waals surface area contributed by atoms with Crippen molar-refractivity contribution in [2.75, 3.05) is 17.2 Å². The van der Waals surface area contributed by atoms with Gasteiger partial charge in [0, 0.05) is 29.0 Å². The van der Waals surface area contributed by atoms with Gasteiger partial charge in [0.05, 0.1) is 4.90 Å². The average molecular weight is 452 g/mol. The summed E-state index contributed by atoms with van der Waals surface area (Å²) in [5.41, 5.74) is 2.70. The zero-order valence-electron chi connectivity index (χ0n) is 18.6. The number of rotatable bonds is 8. The molecule has 168 valence electrons. The highest BCUT2D eigenvalue weighted by molar-refractivity contribution is 7.89. The number of amides is 1. The Morgan fingerprint density at radius 3 is 2.00 bits per heavy atom. The molecule has 0 spiro atoms. The minimum absolute atomic E-state index is 0.120. The lowest BCUT2D eigenvalue weighted by Crippen LogP contribution is -2.40. The van der Waals surface area contributed by atoms with Crippen molar-refractivity contribution in [2.45, 2.75) is 37.6 Å². The number of hydrogen-bond acceptors (Lipinski definition) is 4. The summed E-state index contributed by atoms with van der Waals surface area (Å²) in [4.78, 5) is 12.6. The molecular weight excluding hydrogens is 422 g/mol. The fraction of sp³-hybridized carbons (Fsp3) is 0.240. The molecule has 32 heavy (non-hydrogen) atoms. The maximum absolute atomic E-state index is 12.5. The molecule has 0 saturated carbocycles. The van der Waals surface area contributed by atoms with E-state index in [4.69, 9.17) is 0 Å². The quantitative estimate of drug-likeness (QED) is 0.464. The van der Waals surface area contributed by atoms with Crippen molar-refractivity contribution in [3.63, 3.8) is 0 Å². The van der Waals surface area contributed by atoms with Crippen molar-refractivity contribution in [3.05, 3.63) is 90.0 Å². The molecule has 1 amide bonds. The SMILES string of the molecule is CC(C)(C)NS(=O)(=O)c1ccc(C(=O)Nc2ccc(NCCc3ccccc3)cc2)cc1. The highest BCUT2D eigenvalue weighted by Crippen LogP contribution is 2.17. The second-order valence-electron chi connectivity index (χ2n) is 8.57. The number of nitrogens with one attached hydrogen (secondary N) is 3. The molecular formula is C25H29N3O3S. The van der Waals surface area contributed by atoms with Gasteiger partial charge in [-0.05, 0) is 81.3 Å². The van der Waals surface area contributed by atoms with Crippen LogP contribution in [0.15, 0.2) is 83.8 Å². The van der Waals surface area contributed by atoms with Gasteiger partial charge in [0.25, 0.3) is 5.91 Å². The van der Waals surface area contributed by atoms with Gasteiger partial charge in [0.15, 0.2) is 0 Å². The lowest BCUT2D eigenvalue weighted by Gasteiger charge is -2.20. The number of carbonyl (C=O) groups is 1. The summed E-state index contributed by atoms with van der Waals surface area (Å²) in [7, 11) is -3.64. The second-order valence-corrected chi connectivity index (χ2v) is 10.3. The number of carbonyl (C=O) groups excluding carboxylic acids is 1.